The van der Waals surface area contributed by atoms with Gasteiger partial charge in [0.05, 0.1) is 13.2 Å². The number of rotatable bonds is 23. The van der Waals surface area contributed by atoms with Crippen molar-refractivity contribution in [3.05, 3.63) is 0 Å². The second kappa shape index (κ2) is 33.3. The lowest BCUT2D eigenvalue weighted by molar-refractivity contribution is -0.139. The monoisotopic (exact) mass is 522 g/mol. The average Bonchev–Trinajstić information content (AvgIpc) is 2.84. The molecular formula is C27H54O9. The third-order valence-electron chi connectivity index (χ3n) is 5.45. The molecule has 0 bridgehead atoms. The van der Waals surface area contributed by atoms with Crippen LogP contribution >= 0.6 is 0 Å². The van der Waals surface area contributed by atoms with Crippen LogP contribution in [0.3, 0.4) is 0 Å². The normalized spacial score (nSPS) is 10.2. The van der Waals surface area contributed by atoms with Crippen LogP contribution < -0.4 is 0 Å². The summed E-state index contributed by atoms with van der Waals surface area (Å²) < 4.78 is 0. The first-order valence-electron chi connectivity index (χ1n) is 13.8. The van der Waals surface area contributed by atoms with Gasteiger partial charge < -0.3 is 30.6 Å². The van der Waals surface area contributed by atoms with Gasteiger partial charge in [0, 0.05) is 19.3 Å². The summed E-state index contributed by atoms with van der Waals surface area (Å²) in [5, 5.41) is 48.8. The van der Waals surface area contributed by atoms with Gasteiger partial charge in [-0.3, -0.25) is 14.4 Å². The minimum absolute atomic E-state index is 0.0628. The molecule has 0 aromatic heterocycles. The van der Waals surface area contributed by atoms with Crippen LogP contribution in [0.4, 0.5) is 0 Å². The summed E-state index contributed by atoms with van der Waals surface area (Å²) in [4.78, 5) is 30.1. The molecule has 0 spiro atoms. The van der Waals surface area contributed by atoms with Crippen molar-refractivity contribution >= 4 is 17.9 Å². The van der Waals surface area contributed by atoms with Crippen molar-refractivity contribution < 1.29 is 45.0 Å². The first-order valence-corrected chi connectivity index (χ1v) is 13.8. The zero-order valence-corrected chi connectivity index (χ0v) is 22.5. The van der Waals surface area contributed by atoms with Gasteiger partial charge in [0.2, 0.25) is 0 Å². The van der Waals surface area contributed by atoms with E-state index < -0.39 is 24.0 Å². The summed E-state index contributed by atoms with van der Waals surface area (Å²) in [5.74, 6) is -2.39. The molecule has 9 nitrogen and oxygen atoms in total. The molecule has 9 heteroatoms. The van der Waals surface area contributed by atoms with Crippen molar-refractivity contribution in [1.82, 2.24) is 0 Å². The van der Waals surface area contributed by atoms with Gasteiger partial charge in [0.15, 0.2) is 0 Å². The van der Waals surface area contributed by atoms with Gasteiger partial charge in [0.1, 0.15) is 6.10 Å². The van der Waals surface area contributed by atoms with E-state index in [0.29, 0.717) is 19.3 Å². The Labute approximate surface area is 217 Å². The molecule has 0 saturated heterocycles. The summed E-state index contributed by atoms with van der Waals surface area (Å²) in [6, 6.07) is 0. The van der Waals surface area contributed by atoms with Gasteiger partial charge in [-0.25, -0.2) is 0 Å². The fraction of sp³-hybridized carbons (Fsp3) is 0.889. The first kappa shape index (κ1) is 38.8. The van der Waals surface area contributed by atoms with E-state index in [-0.39, 0.29) is 26.1 Å². The maximum Gasteiger partial charge on any atom is 0.303 e. The van der Waals surface area contributed by atoms with Crippen LogP contribution in [0.2, 0.25) is 0 Å². The summed E-state index contributed by atoms with van der Waals surface area (Å²) in [6.07, 6.45) is 20.3. The summed E-state index contributed by atoms with van der Waals surface area (Å²) in [7, 11) is 0. The Bertz CT molecular complexity index is 464. The molecule has 0 aliphatic heterocycles. The minimum atomic E-state index is -0.954. The van der Waals surface area contributed by atoms with Crippen LogP contribution in [0.5, 0.6) is 0 Å². The predicted octanol–water partition coefficient (Wildman–Crippen LogP) is 5.38. The molecule has 216 valence electrons. The van der Waals surface area contributed by atoms with E-state index in [2.05, 4.69) is 6.92 Å². The van der Waals surface area contributed by atoms with Gasteiger partial charge in [-0.15, -0.1) is 0 Å². The number of carbonyl (C=O) groups is 3. The van der Waals surface area contributed by atoms with E-state index in [1.54, 1.807) is 0 Å². The number of carboxylic acids is 3. The van der Waals surface area contributed by atoms with E-state index in [4.69, 9.17) is 30.6 Å². The highest BCUT2D eigenvalue weighted by atomic mass is 16.4. The van der Waals surface area contributed by atoms with E-state index in [1.165, 1.54) is 83.5 Å². The van der Waals surface area contributed by atoms with E-state index in [1.807, 2.05) is 0 Å². The molecule has 0 fully saturated rings. The molecule has 0 atom stereocenters. The maximum absolute atomic E-state index is 10.3. The Hall–Kier alpha value is -1.71. The lowest BCUT2D eigenvalue weighted by Crippen LogP contribution is -2.15. The molecule has 6 N–H and O–H groups in total. The number of aliphatic carboxylic acids is 3. The molecule has 36 heavy (non-hydrogen) atoms. The fourth-order valence-corrected chi connectivity index (χ4v) is 3.26. The molecule has 0 unspecified atom stereocenters. The third-order valence-corrected chi connectivity index (χ3v) is 5.45. The molecule has 0 saturated carbocycles. The summed E-state index contributed by atoms with van der Waals surface area (Å²) >= 11 is 0. The third kappa shape index (κ3) is 45.7. The van der Waals surface area contributed by atoms with Gasteiger partial charge in [0.25, 0.3) is 0 Å². The topological polar surface area (TPSA) is 173 Å². The van der Waals surface area contributed by atoms with Crippen LogP contribution in [0.15, 0.2) is 0 Å². The molecule has 0 rings (SSSR count). The average molecular weight is 523 g/mol. The Kier molecular flexibility index (Phi) is 35.9. The highest BCUT2D eigenvalue weighted by Crippen LogP contribution is 2.13. The zero-order chi connectivity index (χ0) is 27.9. The first-order chi connectivity index (χ1) is 17.2. The smallest absolute Gasteiger partial charge is 0.303 e. The van der Waals surface area contributed by atoms with E-state index in [0.717, 1.165) is 12.8 Å². The Balaban J connectivity index is -0.000000561. The zero-order valence-electron chi connectivity index (χ0n) is 22.5. The second-order valence-electron chi connectivity index (χ2n) is 9.11. The molecular weight excluding hydrogens is 468 g/mol. The van der Waals surface area contributed by atoms with Gasteiger partial charge in [-0.05, 0) is 19.3 Å². The molecule has 0 amide bonds. The second-order valence-corrected chi connectivity index (χ2v) is 9.11. The molecule has 0 heterocycles. The minimum Gasteiger partial charge on any atom is -0.481 e. The number of hydrogen-bond donors (Lipinski definition) is 6. The van der Waals surface area contributed by atoms with Crippen molar-refractivity contribution in [3.8, 4) is 0 Å². The van der Waals surface area contributed by atoms with Crippen molar-refractivity contribution in [1.29, 1.82) is 0 Å². The molecule has 0 aliphatic carbocycles. The van der Waals surface area contributed by atoms with Gasteiger partial charge in [-0.1, -0.05) is 96.8 Å². The number of carboxylic acid groups (broad SMARTS) is 3. The number of unbranched alkanes of at least 4 members (excludes halogenated alkanes) is 15. The summed E-state index contributed by atoms with van der Waals surface area (Å²) in [5.41, 5.74) is 0. The van der Waals surface area contributed by atoms with E-state index in [9.17, 15) is 14.4 Å². The van der Waals surface area contributed by atoms with Crippen LogP contribution in [0, 0.1) is 0 Å². The van der Waals surface area contributed by atoms with Crippen molar-refractivity contribution in [2.75, 3.05) is 13.2 Å². The standard InChI is InChI=1S/C18H36O2.C6H10O4.C3H8O3/c1-2-3-4-5-6-7-8-9-10-11-12-13-14-15-16-17-18(19)20;7-5(8)3-1-2-4-6(9)10;4-1-3(6)2-5/h2-17H2,1H3,(H,19,20);1-4H2,(H,7,8)(H,9,10);3-6H,1-2H2. The van der Waals surface area contributed by atoms with Crippen LogP contribution in [0.25, 0.3) is 0 Å². The van der Waals surface area contributed by atoms with Gasteiger partial charge in [-0.2, -0.15) is 0 Å². The van der Waals surface area contributed by atoms with E-state index >= 15 is 0 Å². The van der Waals surface area contributed by atoms with Crippen molar-refractivity contribution in [2.24, 2.45) is 0 Å². The SMILES string of the molecule is CCCCCCCCCCCCCCCCCC(=O)O.O=C(O)CCCCC(=O)O.OCC(O)CO. The number of aliphatic hydroxyl groups is 3. The highest BCUT2D eigenvalue weighted by Gasteiger charge is 1.99. The fourth-order valence-electron chi connectivity index (χ4n) is 3.26. The van der Waals surface area contributed by atoms with Crippen molar-refractivity contribution in [2.45, 2.75) is 141 Å². The lowest BCUT2D eigenvalue weighted by atomic mass is 10.0. The molecule has 0 aromatic carbocycles. The number of aliphatic hydroxyl groups excluding tert-OH is 3. The number of hydrogen-bond acceptors (Lipinski definition) is 6. The van der Waals surface area contributed by atoms with Crippen LogP contribution in [-0.4, -0.2) is 67.9 Å². The van der Waals surface area contributed by atoms with Gasteiger partial charge >= 0.3 is 17.9 Å². The largest absolute Gasteiger partial charge is 0.481 e. The molecule has 0 radical (unpaired) electrons. The molecule has 0 aliphatic rings. The van der Waals surface area contributed by atoms with Crippen molar-refractivity contribution in [3.63, 3.8) is 0 Å². The maximum atomic E-state index is 10.3. The predicted molar refractivity (Wildman–Crippen MR) is 141 cm³/mol. The quantitative estimate of drug-likeness (QED) is 0.0963. The highest BCUT2D eigenvalue weighted by molar-refractivity contribution is 5.68. The Morgan fingerprint density at radius 1 is 0.472 bits per heavy atom. The summed E-state index contributed by atoms with van der Waals surface area (Å²) in [6.45, 7) is 1.54. The Morgan fingerprint density at radius 3 is 0.889 bits per heavy atom. The van der Waals surface area contributed by atoms with Crippen LogP contribution in [-0.2, 0) is 14.4 Å². The Morgan fingerprint density at radius 2 is 0.694 bits per heavy atom. The lowest BCUT2D eigenvalue weighted by Gasteiger charge is -2.03. The molecule has 0 aromatic rings. The van der Waals surface area contributed by atoms with Crippen LogP contribution in [0.1, 0.15) is 135 Å².